The fourth-order valence-electron chi connectivity index (χ4n) is 3.47. The Morgan fingerprint density at radius 2 is 1.71 bits per heavy atom. The van der Waals surface area contributed by atoms with Crippen LogP contribution in [0, 0.1) is 5.92 Å². The van der Waals surface area contributed by atoms with Gasteiger partial charge in [0.05, 0.1) is 12.5 Å². The number of amides is 2. The molecule has 0 aliphatic heterocycles. The van der Waals surface area contributed by atoms with Crippen LogP contribution in [-0.2, 0) is 4.79 Å². The van der Waals surface area contributed by atoms with Gasteiger partial charge in [-0.2, -0.15) is 5.10 Å². The van der Waals surface area contributed by atoms with Crippen molar-refractivity contribution in [1.29, 1.82) is 0 Å². The Morgan fingerprint density at radius 1 is 1.04 bits per heavy atom. The van der Waals surface area contributed by atoms with Gasteiger partial charge in [0.15, 0.2) is 0 Å². The first-order valence-electron chi connectivity index (χ1n) is 9.89. The molecule has 0 unspecified atom stereocenters. The molecule has 2 atom stereocenters. The van der Waals surface area contributed by atoms with Gasteiger partial charge < -0.3 is 5.32 Å². The summed E-state index contributed by atoms with van der Waals surface area (Å²) in [7, 11) is 0. The van der Waals surface area contributed by atoms with E-state index in [2.05, 4.69) is 22.8 Å². The quantitative estimate of drug-likeness (QED) is 0.740. The molecule has 5 nitrogen and oxygen atoms in total. The van der Waals surface area contributed by atoms with Gasteiger partial charge in [0.2, 0.25) is 5.91 Å². The van der Waals surface area contributed by atoms with E-state index in [1.165, 1.54) is 6.42 Å². The molecule has 0 aromatic heterocycles. The van der Waals surface area contributed by atoms with E-state index < -0.39 is 6.04 Å². The zero-order valence-corrected chi connectivity index (χ0v) is 16.2. The zero-order chi connectivity index (χ0) is 19.8. The average molecular weight is 377 g/mol. The van der Waals surface area contributed by atoms with Gasteiger partial charge in [0.1, 0.15) is 0 Å². The standard InChI is InChI=1S/C23H27N3O2/c1-17-10-8-9-15-20(17)25-26-22(27)16-21(18-11-4-2-5-12-18)24-23(28)19-13-6-3-7-14-19/h2-7,11-14,17,21H,8-10,15-16H2,1H3,(H,24,28)(H,26,27)/b25-20+/t17-,21-/m1/s1. The van der Waals surface area contributed by atoms with Gasteiger partial charge in [-0.15, -0.1) is 0 Å². The van der Waals surface area contributed by atoms with E-state index in [-0.39, 0.29) is 18.2 Å². The highest BCUT2D eigenvalue weighted by molar-refractivity contribution is 5.95. The first kappa shape index (κ1) is 19.8. The van der Waals surface area contributed by atoms with E-state index in [1.54, 1.807) is 12.1 Å². The van der Waals surface area contributed by atoms with Crippen LogP contribution in [0.25, 0.3) is 0 Å². The summed E-state index contributed by atoms with van der Waals surface area (Å²) in [5, 5.41) is 7.33. The first-order chi connectivity index (χ1) is 13.6. The maximum Gasteiger partial charge on any atom is 0.251 e. The molecule has 3 rings (SSSR count). The Hall–Kier alpha value is -2.95. The van der Waals surface area contributed by atoms with Crippen molar-refractivity contribution < 1.29 is 9.59 Å². The molecular weight excluding hydrogens is 350 g/mol. The molecule has 28 heavy (non-hydrogen) atoms. The highest BCUT2D eigenvalue weighted by Crippen LogP contribution is 2.21. The third-order valence-corrected chi connectivity index (χ3v) is 5.15. The molecule has 2 aromatic carbocycles. The second kappa shape index (κ2) is 9.83. The lowest BCUT2D eigenvalue weighted by molar-refractivity contribution is -0.121. The average Bonchev–Trinajstić information content (AvgIpc) is 2.74. The van der Waals surface area contributed by atoms with Gasteiger partial charge in [-0.1, -0.05) is 61.9 Å². The number of nitrogens with one attached hydrogen (secondary N) is 2. The SMILES string of the molecule is C[C@@H]1CCCC/C1=N\NC(=O)C[C@@H](NC(=O)c1ccccc1)c1ccccc1. The third kappa shape index (κ3) is 5.52. The third-order valence-electron chi connectivity index (χ3n) is 5.15. The van der Waals surface area contributed by atoms with Crippen molar-refractivity contribution in [3.63, 3.8) is 0 Å². The Balaban J connectivity index is 1.68. The Kier molecular flexibility index (Phi) is 6.95. The minimum absolute atomic E-state index is 0.133. The molecular formula is C23H27N3O2. The van der Waals surface area contributed by atoms with E-state index in [0.717, 1.165) is 30.5 Å². The maximum absolute atomic E-state index is 12.6. The molecule has 0 saturated heterocycles. The molecule has 0 radical (unpaired) electrons. The summed E-state index contributed by atoms with van der Waals surface area (Å²) in [5.41, 5.74) is 5.21. The lowest BCUT2D eigenvalue weighted by Gasteiger charge is -2.21. The molecule has 2 N–H and O–H groups in total. The van der Waals surface area contributed by atoms with Crippen molar-refractivity contribution in [1.82, 2.24) is 10.7 Å². The minimum Gasteiger partial charge on any atom is -0.345 e. The van der Waals surface area contributed by atoms with Crippen LogP contribution in [0.3, 0.4) is 0 Å². The molecule has 1 aliphatic rings. The van der Waals surface area contributed by atoms with Crippen LogP contribution < -0.4 is 10.7 Å². The summed E-state index contributed by atoms with van der Waals surface area (Å²) < 4.78 is 0. The molecule has 5 heteroatoms. The molecule has 1 aliphatic carbocycles. The van der Waals surface area contributed by atoms with Crippen LogP contribution in [0.5, 0.6) is 0 Å². The van der Waals surface area contributed by atoms with Crippen molar-refractivity contribution in [3.8, 4) is 0 Å². The molecule has 0 heterocycles. The topological polar surface area (TPSA) is 70.6 Å². The summed E-state index contributed by atoms with van der Waals surface area (Å²) in [5.74, 6) is 0.0127. The Bertz CT molecular complexity index is 818. The van der Waals surface area contributed by atoms with E-state index >= 15 is 0 Å². The van der Waals surface area contributed by atoms with Gasteiger partial charge in [-0.05, 0) is 42.9 Å². The van der Waals surface area contributed by atoms with Gasteiger partial charge >= 0.3 is 0 Å². The Labute approximate surface area is 166 Å². The maximum atomic E-state index is 12.6. The van der Waals surface area contributed by atoms with E-state index in [9.17, 15) is 9.59 Å². The summed E-state index contributed by atoms with van der Waals surface area (Å²) in [6, 6.07) is 18.1. The van der Waals surface area contributed by atoms with E-state index in [4.69, 9.17) is 0 Å². The van der Waals surface area contributed by atoms with Crippen molar-refractivity contribution in [2.75, 3.05) is 0 Å². The lowest BCUT2D eigenvalue weighted by atomic mass is 9.89. The van der Waals surface area contributed by atoms with Crippen molar-refractivity contribution >= 4 is 17.5 Å². The largest absolute Gasteiger partial charge is 0.345 e. The van der Waals surface area contributed by atoms with Crippen LogP contribution in [0.4, 0.5) is 0 Å². The number of benzene rings is 2. The molecule has 2 amide bonds. The predicted molar refractivity (Wildman–Crippen MR) is 111 cm³/mol. The van der Waals surface area contributed by atoms with Gasteiger partial charge in [-0.25, -0.2) is 5.43 Å². The van der Waals surface area contributed by atoms with Gasteiger partial charge in [-0.3, -0.25) is 9.59 Å². The molecule has 2 aromatic rings. The number of hydrogen-bond donors (Lipinski definition) is 2. The number of carbonyl (C=O) groups is 2. The zero-order valence-electron chi connectivity index (χ0n) is 16.2. The smallest absolute Gasteiger partial charge is 0.251 e. The highest BCUT2D eigenvalue weighted by Gasteiger charge is 2.20. The number of hydrogen-bond acceptors (Lipinski definition) is 3. The van der Waals surface area contributed by atoms with Gasteiger partial charge in [0.25, 0.3) is 5.91 Å². The van der Waals surface area contributed by atoms with Crippen LogP contribution >= 0.6 is 0 Å². The van der Waals surface area contributed by atoms with Crippen LogP contribution in [0.2, 0.25) is 0 Å². The highest BCUT2D eigenvalue weighted by atomic mass is 16.2. The molecule has 0 bridgehead atoms. The fourth-order valence-corrected chi connectivity index (χ4v) is 3.47. The molecule has 146 valence electrons. The summed E-state index contributed by atoms with van der Waals surface area (Å²) in [6.07, 6.45) is 4.53. The normalized spacial score (nSPS) is 19.0. The first-order valence-corrected chi connectivity index (χ1v) is 9.89. The second-order valence-electron chi connectivity index (χ2n) is 7.29. The fraction of sp³-hybridized carbons (Fsp3) is 0.348. The summed E-state index contributed by atoms with van der Waals surface area (Å²) in [6.45, 7) is 2.15. The monoisotopic (exact) mass is 377 g/mol. The van der Waals surface area contributed by atoms with Crippen molar-refractivity contribution in [2.24, 2.45) is 11.0 Å². The minimum atomic E-state index is -0.419. The predicted octanol–water partition coefficient (Wildman–Crippen LogP) is 4.23. The van der Waals surface area contributed by atoms with Crippen LogP contribution in [0.15, 0.2) is 65.8 Å². The number of nitrogens with zero attached hydrogens (tertiary/aromatic N) is 1. The van der Waals surface area contributed by atoms with Crippen molar-refractivity contribution in [2.45, 2.75) is 45.1 Å². The van der Waals surface area contributed by atoms with E-state index in [1.807, 2.05) is 48.5 Å². The molecule has 1 fully saturated rings. The van der Waals surface area contributed by atoms with Gasteiger partial charge in [0, 0.05) is 11.3 Å². The second-order valence-corrected chi connectivity index (χ2v) is 7.29. The summed E-state index contributed by atoms with van der Waals surface area (Å²) >= 11 is 0. The number of rotatable bonds is 6. The summed E-state index contributed by atoms with van der Waals surface area (Å²) in [4.78, 5) is 25.1. The van der Waals surface area contributed by atoms with Crippen LogP contribution in [0.1, 0.15) is 61.0 Å². The van der Waals surface area contributed by atoms with E-state index in [0.29, 0.717) is 11.5 Å². The number of carbonyl (C=O) groups excluding carboxylic acids is 2. The lowest BCUT2D eigenvalue weighted by Crippen LogP contribution is -2.33. The Morgan fingerprint density at radius 3 is 2.39 bits per heavy atom. The van der Waals surface area contributed by atoms with Crippen LogP contribution in [-0.4, -0.2) is 17.5 Å². The molecule has 1 saturated carbocycles. The molecule has 0 spiro atoms. The van der Waals surface area contributed by atoms with Crippen molar-refractivity contribution in [3.05, 3.63) is 71.8 Å². The number of hydrazone groups is 1.